The molecule has 0 radical (unpaired) electrons. The van der Waals surface area contributed by atoms with E-state index in [2.05, 4.69) is 4.98 Å². The number of anilines is 1. The van der Waals surface area contributed by atoms with E-state index in [4.69, 9.17) is 5.41 Å². The molecule has 1 amide bonds. The Morgan fingerprint density at radius 2 is 2.15 bits per heavy atom. The molecule has 0 saturated carbocycles. The van der Waals surface area contributed by atoms with E-state index in [9.17, 15) is 4.79 Å². The molecule has 66 valence electrons. The molecular weight excluding hydrogens is 186 g/mol. The monoisotopic (exact) mass is 193 g/mol. The molecule has 0 aliphatic carbocycles. The summed E-state index contributed by atoms with van der Waals surface area (Å²) in [5.74, 6) is 0.322. The van der Waals surface area contributed by atoms with Crippen LogP contribution in [0.3, 0.4) is 0 Å². The van der Waals surface area contributed by atoms with Crippen molar-refractivity contribution in [3.05, 3.63) is 24.5 Å². The summed E-state index contributed by atoms with van der Waals surface area (Å²) in [5, 5.41) is 7.81. The predicted octanol–water partition coefficient (Wildman–Crippen LogP) is 1.10. The molecule has 1 fully saturated rings. The third-order valence-electron chi connectivity index (χ3n) is 1.71. The number of amides is 1. The molecule has 0 unspecified atom stereocenters. The number of carbonyl (C=O) groups is 1. The van der Waals surface area contributed by atoms with Crippen molar-refractivity contribution in [3.63, 3.8) is 0 Å². The van der Waals surface area contributed by atoms with Crippen molar-refractivity contribution in [2.75, 3.05) is 10.7 Å². The van der Waals surface area contributed by atoms with Crippen LogP contribution in [0.4, 0.5) is 5.69 Å². The van der Waals surface area contributed by atoms with Crippen molar-refractivity contribution in [1.29, 1.82) is 5.41 Å². The van der Waals surface area contributed by atoms with E-state index in [1.165, 1.54) is 16.7 Å². The highest BCUT2D eigenvalue weighted by Crippen LogP contribution is 2.24. The molecule has 13 heavy (non-hydrogen) atoms. The highest BCUT2D eigenvalue weighted by Gasteiger charge is 2.27. The van der Waals surface area contributed by atoms with Gasteiger partial charge in [0.25, 0.3) is 0 Å². The summed E-state index contributed by atoms with van der Waals surface area (Å²) in [6, 6.07) is 3.44. The average molecular weight is 193 g/mol. The normalized spacial score (nSPS) is 16.8. The second-order valence-corrected chi connectivity index (χ2v) is 3.49. The van der Waals surface area contributed by atoms with E-state index in [1.807, 2.05) is 0 Å². The summed E-state index contributed by atoms with van der Waals surface area (Å²) in [4.78, 5) is 16.6. The van der Waals surface area contributed by atoms with Gasteiger partial charge in [-0.25, -0.2) is 0 Å². The van der Waals surface area contributed by atoms with Crippen molar-refractivity contribution in [2.24, 2.45) is 0 Å². The van der Waals surface area contributed by atoms with Crippen LogP contribution in [0.25, 0.3) is 0 Å². The van der Waals surface area contributed by atoms with Crippen molar-refractivity contribution in [2.45, 2.75) is 0 Å². The first-order chi connectivity index (χ1) is 6.29. The summed E-state index contributed by atoms with van der Waals surface area (Å²) in [7, 11) is 0. The van der Waals surface area contributed by atoms with Gasteiger partial charge >= 0.3 is 0 Å². The predicted molar refractivity (Wildman–Crippen MR) is 51.9 cm³/mol. The van der Waals surface area contributed by atoms with Crippen LogP contribution < -0.4 is 4.90 Å². The lowest BCUT2D eigenvalue weighted by atomic mass is 10.3. The molecule has 5 heteroatoms. The Kier molecular flexibility index (Phi) is 2.02. The first-order valence-electron chi connectivity index (χ1n) is 3.73. The van der Waals surface area contributed by atoms with Gasteiger partial charge in [0.1, 0.15) is 0 Å². The lowest BCUT2D eigenvalue weighted by Crippen LogP contribution is -2.28. The van der Waals surface area contributed by atoms with E-state index >= 15 is 0 Å². The SMILES string of the molecule is N=C1SCC(=O)N1c1ccncc1. The number of amidine groups is 1. The fourth-order valence-electron chi connectivity index (χ4n) is 1.13. The summed E-state index contributed by atoms with van der Waals surface area (Å²) >= 11 is 1.25. The highest BCUT2D eigenvalue weighted by molar-refractivity contribution is 8.15. The average Bonchev–Trinajstić information content (AvgIpc) is 2.48. The van der Waals surface area contributed by atoms with Crippen LogP contribution in [-0.2, 0) is 4.79 Å². The molecule has 1 N–H and O–H groups in total. The molecule has 0 bridgehead atoms. The van der Waals surface area contributed by atoms with Crippen LogP contribution in [0.5, 0.6) is 0 Å². The van der Waals surface area contributed by atoms with Crippen LogP contribution >= 0.6 is 11.8 Å². The fraction of sp³-hybridized carbons (Fsp3) is 0.125. The van der Waals surface area contributed by atoms with Crippen LogP contribution in [0, 0.1) is 5.41 Å². The molecule has 0 spiro atoms. The van der Waals surface area contributed by atoms with E-state index in [1.54, 1.807) is 24.5 Å². The van der Waals surface area contributed by atoms with Crippen molar-refractivity contribution in [3.8, 4) is 0 Å². The minimum atomic E-state index is -0.0406. The minimum absolute atomic E-state index is 0.0406. The second-order valence-electron chi connectivity index (χ2n) is 2.53. The summed E-state index contributed by atoms with van der Waals surface area (Å²) in [6.07, 6.45) is 3.22. The van der Waals surface area contributed by atoms with Gasteiger partial charge in [0.15, 0.2) is 5.17 Å². The van der Waals surface area contributed by atoms with Gasteiger partial charge in [-0.05, 0) is 12.1 Å². The summed E-state index contributed by atoms with van der Waals surface area (Å²) < 4.78 is 0. The van der Waals surface area contributed by atoms with Gasteiger partial charge in [-0.2, -0.15) is 0 Å². The minimum Gasteiger partial charge on any atom is -0.278 e. The smallest absolute Gasteiger partial charge is 0.243 e. The second kappa shape index (κ2) is 3.18. The molecule has 1 aromatic heterocycles. The molecule has 1 saturated heterocycles. The Morgan fingerprint density at radius 3 is 2.69 bits per heavy atom. The molecule has 1 aromatic rings. The number of thioether (sulfide) groups is 1. The van der Waals surface area contributed by atoms with Gasteiger partial charge in [-0.3, -0.25) is 20.1 Å². The van der Waals surface area contributed by atoms with Crippen LogP contribution in [0.15, 0.2) is 24.5 Å². The molecule has 0 atom stereocenters. The molecule has 4 nitrogen and oxygen atoms in total. The van der Waals surface area contributed by atoms with Crippen molar-refractivity contribution >= 4 is 28.5 Å². The topological polar surface area (TPSA) is 57.1 Å². The third-order valence-corrected chi connectivity index (χ3v) is 2.55. The lowest BCUT2D eigenvalue weighted by molar-refractivity contribution is -0.115. The molecule has 2 heterocycles. The van der Waals surface area contributed by atoms with Gasteiger partial charge in [0, 0.05) is 12.4 Å². The fourth-order valence-corrected chi connectivity index (χ4v) is 1.85. The maximum Gasteiger partial charge on any atom is 0.243 e. The Bertz CT molecular complexity index is 336. The Hall–Kier alpha value is -1.36. The first-order valence-corrected chi connectivity index (χ1v) is 4.72. The highest BCUT2D eigenvalue weighted by atomic mass is 32.2. The van der Waals surface area contributed by atoms with Gasteiger partial charge < -0.3 is 0 Å². The van der Waals surface area contributed by atoms with Gasteiger partial charge in [0.05, 0.1) is 11.4 Å². The third kappa shape index (κ3) is 1.42. The van der Waals surface area contributed by atoms with E-state index in [0.717, 1.165) is 5.69 Å². The van der Waals surface area contributed by atoms with E-state index in [0.29, 0.717) is 5.75 Å². The van der Waals surface area contributed by atoms with Crippen molar-refractivity contribution < 1.29 is 4.79 Å². The summed E-state index contributed by atoms with van der Waals surface area (Å²) in [5.41, 5.74) is 0.718. The molecule has 2 rings (SSSR count). The number of aromatic nitrogens is 1. The maximum absolute atomic E-state index is 11.3. The van der Waals surface area contributed by atoms with Crippen molar-refractivity contribution in [1.82, 2.24) is 4.98 Å². The molecular formula is C8H7N3OS. The van der Waals surface area contributed by atoms with E-state index in [-0.39, 0.29) is 11.1 Å². The quantitative estimate of drug-likeness (QED) is 0.726. The van der Waals surface area contributed by atoms with Crippen LogP contribution in [0.2, 0.25) is 0 Å². The zero-order chi connectivity index (χ0) is 9.26. The lowest BCUT2D eigenvalue weighted by Gasteiger charge is -2.13. The van der Waals surface area contributed by atoms with Gasteiger partial charge in [-0.15, -0.1) is 0 Å². The Morgan fingerprint density at radius 1 is 1.46 bits per heavy atom. The van der Waals surface area contributed by atoms with Gasteiger partial charge in [-0.1, -0.05) is 11.8 Å². The van der Waals surface area contributed by atoms with Crippen LogP contribution in [-0.4, -0.2) is 21.8 Å². The number of hydrogen-bond acceptors (Lipinski definition) is 4. The largest absolute Gasteiger partial charge is 0.278 e. The molecule has 1 aliphatic rings. The van der Waals surface area contributed by atoms with E-state index < -0.39 is 0 Å². The maximum atomic E-state index is 11.3. The Labute approximate surface area is 79.5 Å². The molecule has 0 aromatic carbocycles. The number of nitrogens with one attached hydrogen (secondary N) is 1. The molecule has 1 aliphatic heterocycles. The zero-order valence-corrected chi connectivity index (χ0v) is 7.54. The number of nitrogens with zero attached hydrogens (tertiary/aromatic N) is 2. The number of carbonyl (C=O) groups excluding carboxylic acids is 1. The van der Waals surface area contributed by atoms with Gasteiger partial charge in [0.2, 0.25) is 5.91 Å². The number of pyridine rings is 1. The zero-order valence-electron chi connectivity index (χ0n) is 6.73. The standard InChI is InChI=1S/C8H7N3OS/c9-8-11(7(12)5-13-8)6-1-3-10-4-2-6/h1-4,9H,5H2. The summed E-state index contributed by atoms with van der Waals surface area (Å²) in [6.45, 7) is 0. The Balaban J connectivity index is 2.36. The number of hydrogen-bond donors (Lipinski definition) is 1. The number of rotatable bonds is 1. The first kappa shape index (κ1) is 8.25. The van der Waals surface area contributed by atoms with Crippen LogP contribution in [0.1, 0.15) is 0 Å².